The van der Waals surface area contributed by atoms with E-state index in [4.69, 9.17) is 0 Å². The Morgan fingerprint density at radius 3 is 2.40 bits per heavy atom. The fraction of sp³-hybridized carbons (Fsp3) is 0.917. The molecule has 0 aromatic rings. The summed E-state index contributed by atoms with van der Waals surface area (Å²) in [5.74, 6) is 0.956. The summed E-state index contributed by atoms with van der Waals surface area (Å²) in [6.45, 7) is 8.99. The molecular weight excluding hydrogens is 188 g/mol. The number of carbonyl (C=O) groups is 1. The maximum atomic E-state index is 11.7. The molecule has 0 radical (unpaired) electrons. The van der Waals surface area contributed by atoms with Gasteiger partial charge in [0.25, 0.3) is 0 Å². The minimum absolute atomic E-state index is 0.267. The monoisotopic (exact) mass is 212 g/mol. The summed E-state index contributed by atoms with van der Waals surface area (Å²) in [6, 6.07) is 0.441. The van der Waals surface area contributed by atoms with E-state index in [9.17, 15) is 4.79 Å². The van der Waals surface area contributed by atoms with Crippen molar-refractivity contribution in [2.45, 2.75) is 46.1 Å². The van der Waals surface area contributed by atoms with Crippen LogP contribution in [-0.4, -0.2) is 36.5 Å². The van der Waals surface area contributed by atoms with Crippen molar-refractivity contribution in [3.63, 3.8) is 0 Å². The number of nitrogens with one attached hydrogen (secondary N) is 1. The number of nitrogens with zero attached hydrogens (tertiary/aromatic N) is 1. The fourth-order valence-corrected chi connectivity index (χ4v) is 2.13. The highest BCUT2D eigenvalue weighted by atomic mass is 16.2. The second kappa shape index (κ2) is 6.11. The largest absolute Gasteiger partial charge is 0.342 e. The first kappa shape index (κ1) is 12.5. The van der Waals surface area contributed by atoms with Gasteiger partial charge in [0.05, 0.1) is 6.54 Å². The molecule has 0 aromatic heterocycles. The van der Waals surface area contributed by atoms with Crippen molar-refractivity contribution in [2.75, 3.05) is 19.6 Å². The van der Waals surface area contributed by atoms with Gasteiger partial charge >= 0.3 is 0 Å². The van der Waals surface area contributed by atoms with Crippen molar-refractivity contribution in [1.29, 1.82) is 0 Å². The molecule has 1 heterocycles. The summed E-state index contributed by atoms with van der Waals surface area (Å²) in [6.07, 6.45) is 3.48. The lowest BCUT2D eigenvalue weighted by molar-refractivity contribution is -0.129. The highest BCUT2D eigenvalue weighted by Gasteiger charge is 2.17. The van der Waals surface area contributed by atoms with Crippen molar-refractivity contribution in [3.05, 3.63) is 0 Å². The van der Waals surface area contributed by atoms with E-state index >= 15 is 0 Å². The molecule has 1 unspecified atom stereocenters. The Bertz CT molecular complexity index is 198. The lowest BCUT2D eigenvalue weighted by Gasteiger charge is -2.19. The van der Waals surface area contributed by atoms with Crippen LogP contribution < -0.4 is 5.32 Å². The van der Waals surface area contributed by atoms with Gasteiger partial charge in [-0.3, -0.25) is 4.79 Å². The number of rotatable bonds is 5. The van der Waals surface area contributed by atoms with E-state index in [-0.39, 0.29) is 5.91 Å². The molecule has 1 saturated heterocycles. The number of likely N-dealkylation sites (tertiary alicyclic amines) is 1. The van der Waals surface area contributed by atoms with Gasteiger partial charge in [-0.15, -0.1) is 0 Å². The SMILES string of the molecule is CC(C)CC(C)NCC(=O)N1CCCC1. The molecule has 1 N–H and O–H groups in total. The van der Waals surface area contributed by atoms with Gasteiger partial charge in [-0.1, -0.05) is 13.8 Å². The van der Waals surface area contributed by atoms with Crippen LogP contribution in [0.4, 0.5) is 0 Å². The molecule has 1 fully saturated rings. The van der Waals surface area contributed by atoms with Gasteiger partial charge in [-0.2, -0.15) is 0 Å². The van der Waals surface area contributed by atoms with Gasteiger partial charge in [0.1, 0.15) is 0 Å². The van der Waals surface area contributed by atoms with Crippen molar-refractivity contribution < 1.29 is 4.79 Å². The van der Waals surface area contributed by atoms with E-state index in [0.717, 1.165) is 19.5 Å². The Kier molecular flexibility index (Phi) is 5.09. The molecule has 3 nitrogen and oxygen atoms in total. The van der Waals surface area contributed by atoms with Crippen LogP contribution in [0.1, 0.15) is 40.0 Å². The summed E-state index contributed by atoms with van der Waals surface area (Å²) < 4.78 is 0. The minimum atomic E-state index is 0.267. The van der Waals surface area contributed by atoms with E-state index in [2.05, 4.69) is 26.1 Å². The Morgan fingerprint density at radius 1 is 1.27 bits per heavy atom. The van der Waals surface area contributed by atoms with E-state index < -0.39 is 0 Å². The van der Waals surface area contributed by atoms with Gasteiger partial charge < -0.3 is 10.2 Å². The molecule has 0 bridgehead atoms. The zero-order chi connectivity index (χ0) is 11.3. The van der Waals surface area contributed by atoms with Gasteiger partial charge in [0.15, 0.2) is 0 Å². The molecule has 1 rings (SSSR count). The number of carbonyl (C=O) groups excluding carboxylic acids is 1. The summed E-state index contributed by atoms with van der Waals surface area (Å²) in [5, 5.41) is 3.30. The van der Waals surface area contributed by atoms with E-state index in [0.29, 0.717) is 18.5 Å². The fourth-order valence-electron chi connectivity index (χ4n) is 2.13. The molecule has 0 saturated carbocycles. The first-order valence-electron chi connectivity index (χ1n) is 6.10. The van der Waals surface area contributed by atoms with E-state index in [1.165, 1.54) is 12.8 Å². The summed E-state index contributed by atoms with van der Waals surface area (Å²) in [5.41, 5.74) is 0. The summed E-state index contributed by atoms with van der Waals surface area (Å²) >= 11 is 0. The van der Waals surface area contributed by atoms with Crippen LogP contribution in [0, 0.1) is 5.92 Å². The molecule has 1 amide bonds. The average molecular weight is 212 g/mol. The topological polar surface area (TPSA) is 32.3 Å². The van der Waals surface area contributed by atoms with Crippen LogP contribution in [0.5, 0.6) is 0 Å². The molecule has 3 heteroatoms. The maximum Gasteiger partial charge on any atom is 0.236 e. The predicted octanol–water partition coefficient (Wildman–Crippen LogP) is 1.63. The van der Waals surface area contributed by atoms with Crippen LogP contribution in [0.15, 0.2) is 0 Å². The molecule has 1 atom stereocenters. The Hall–Kier alpha value is -0.570. The maximum absolute atomic E-state index is 11.7. The van der Waals surface area contributed by atoms with Gasteiger partial charge in [0.2, 0.25) is 5.91 Å². The predicted molar refractivity (Wildman–Crippen MR) is 62.7 cm³/mol. The standard InChI is InChI=1S/C12H24N2O/c1-10(2)8-11(3)13-9-12(15)14-6-4-5-7-14/h10-11,13H,4-9H2,1-3H3. The van der Waals surface area contributed by atoms with Crippen molar-refractivity contribution in [3.8, 4) is 0 Å². The smallest absolute Gasteiger partial charge is 0.236 e. The molecule has 0 aromatic carbocycles. The van der Waals surface area contributed by atoms with Crippen molar-refractivity contribution >= 4 is 5.91 Å². The van der Waals surface area contributed by atoms with Gasteiger partial charge in [-0.25, -0.2) is 0 Å². The normalized spacial score (nSPS) is 18.5. The second-order valence-corrected chi connectivity index (χ2v) is 5.00. The molecule has 15 heavy (non-hydrogen) atoms. The Balaban J connectivity index is 2.15. The van der Waals surface area contributed by atoms with Crippen molar-refractivity contribution in [2.24, 2.45) is 5.92 Å². The Labute approximate surface area is 93.2 Å². The number of amides is 1. The summed E-state index contributed by atoms with van der Waals surface area (Å²) in [7, 11) is 0. The molecule has 1 aliphatic heterocycles. The average Bonchev–Trinajstić information content (AvgIpc) is 2.65. The lowest BCUT2D eigenvalue weighted by atomic mass is 10.1. The van der Waals surface area contributed by atoms with Crippen LogP contribution in [0.3, 0.4) is 0 Å². The number of hydrogen-bond donors (Lipinski definition) is 1. The zero-order valence-corrected chi connectivity index (χ0v) is 10.3. The third kappa shape index (κ3) is 4.65. The molecule has 88 valence electrons. The van der Waals surface area contributed by atoms with E-state index in [1.54, 1.807) is 0 Å². The van der Waals surface area contributed by atoms with Crippen LogP contribution in [0.25, 0.3) is 0 Å². The minimum Gasteiger partial charge on any atom is -0.342 e. The quantitative estimate of drug-likeness (QED) is 0.751. The lowest BCUT2D eigenvalue weighted by Crippen LogP contribution is -2.39. The first-order valence-corrected chi connectivity index (χ1v) is 6.10. The van der Waals surface area contributed by atoms with Crippen molar-refractivity contribution in [1.82, 2.24) is 10.2 Å². The Morgan fingerprint density at radius 2 is 1.87 bits per heavy atom. The zero-order valence-electron chi connectivity index (χ0n) is 10.3. The highest BCUT2D eigenvalue weighted by molar-refractivity contribution is 5.78. The molecule has 1 aliphatic rings. The highest BCUT2D eigenvalue weighted by Crippen LogP contribution is 2.07. The first-order chi connectivity index (χ1) is 7.09. The van der Waals surface area contributed by atoms with Gasteiger partial charge in [-0.05, 0) is 32.1 Å². The van der Waals surface area contributed by atoms with Crippen LogP contribution in [-0.2, 0) is 4.79 Å². The molecule has 0 aliphatic carbocycles. The van der Waals surface area contributed by atoms with Gasteiger partial charge in [0, 0.05) is 19.1 Å². The molecule has 0 spiro atoms. The third-order valence-corrected chi connectivity index (χ3v) is 2.89. The van der Waals surface area contributed by atoms with Crippen LogP contribution in [0.2, 0.25) is 0 Å². The number of hydrogen-bond acceptors (Lipinski definition) is 2. The van der Waals surface area contributed by atoms with E-state index in [1.807, 2.05) is 4.90 Å². The second-order valence-electron chi connectivity index (χ2n) is 5.00. The summed E-state index contributed by atoms with van der Waals surface area (Å²) in [4.78, 5) is 13.7. The third-order valence-electron chi connectivity index (χ3n) is 2.89. The van der Waals surface area contributed by atoms with Crippen LogP contribution >= 0.6 is 0 Å². The molecular formula is C12H24N2O.